The van der Waals surface area contributed by atoms with Crippen molar-refractivity contribution >= 4 is 17.5 Å². The van der Waals surface area contributed by atoms with E-state index in [1.54, 1.807) is 12.3 Å². The summed E-state index contributed by atoms with van der Waals surface area (Å²) >= 11 is 0. The van der Waals surface area contributed by atoms with Crippen LogP contribution >= 0.6 is 0 Å². The van der Waals surface area contributed by atoms with Gasteiger partial charge in [0.1, 0.15) is 0 Å². The van der Waals surface area contributed by atoms with Crippen molar-refractivity contribution < 1.29 is 14.6 Å². The van der Waals surface area contributed by atoms with Gasteiger partial charge in [-0.15, -0.1) is 0 Å². The second-order valence-electron chi connectivity index (χ2n) is 4.94. The Balaban J connectivity index is 2.35. The predicted octanol–water partition coefficient (Wildman–Crippen LogP) is 1.19. The van der Waals surface area contributed by atoms with Crippen LogP contribution in [-0.2, 0) is 4.74 Å². The first-order chi connectivity index (χ1) is 9.69. The molecule has 1 aromatic heterocycles. The summed E-state index contributed by atoms with van der Waals surface area (Å²) in [7, 11) is 1.32. The third-order valence-electron chi connectivity index (χ3n) is 3.75. The van der Waals surface area contributed by atoms with Gasteiger partial charge in [-0.05, 0) is 18.9 Å². The Morgan fingerprint density at radius 1 is 1.55 bits per heavy atom. The lowest BCUT2D eigenvalue weighted by atomic mass is 10.1. The lowest BCUT2D eigenvalue weighted by Gasteiger charge is -2.30. The molecule has 0 spiro atoms. The first-order valence-corrected chi connectivity index (χ1v) is 6.89. The van der Waals surface area contributed by atoms with E-state index in [-0.39, 0.29) is 6.61 Å². The van der Waals surface area contributed by atoms with Crippen LogP contribution in [0.25, 0.3) is 0 Å². The summed E-state index contributed by atoms with van der Waals surface area (Å²) in [6, 6.07) is 1.88. The van der Waals surface area contributed by atoms with E-state index in [0.717, 1.165) is 12.8 Å². The molecule has 3 N–H and O–H groups in total. The molecule has 2 rings (SSSR count). The minimum atomic E-state index is -0.471. The summed E-state index contributed by atoms with van der Waals surface area (Å²) in [6.45, 7) is 0.493. The molecule has 0 unspecified atom stereocenters. The molecule has 1 fully saturated rings. The molecule has 1 aliphatic carbocycles. The molecule has 1 aliphatic rings. The minimum absolute atomic E-state index is 0.0278. The molecular formula is C14H21N3O3. The molecule has 0 aromatic carbocycles. The van der Waals surface area contributed by atoms with Gasteiger partial charge in [-0.1, -0.05) is 12.8 Å². The number of carbonyl (C=O) groups excluding carboxylic acids is 1. The highest BCUT2D eigenvalue weighted by atomic mass is 16.5. The summed E-state index contributed by atoms with van der Waals surface area (Å²) in [6.07, 6.45) is 6.01. The number of aromatic nitrogens is 1. The van der Waals surface area contributed by atoms with Gasteiger partial charge in [0.25, 0.3) is 0 Å². The number of aliphatic hydroxyl groups excluding tert-OH is 1. The molecule has 0 bridgehead atoms. The van der Waals surface area contributed by atoms with Crippen molar-refractivity contribution in [3.05, 3.63) is 17.8 Å². The van der Waals surface area contributed by atoms with Gasteiger partial charge < -0.3 is 20.5 Å². The maximum atomic E-state index is 11.7. The van der Waals surface area contributed by atoms with Crippen LogP contribution in [0.1, 0.15) is 36.0 Å². The number of esters is 1. The molecule has 6 nitrogen and oxygen atoms in total. The molecule has 0 amide bonds. The fourth-order valence-electron chi connectivity index (χ4n) is 2.76. The van der Waals surface area contributed by atoms with E-state index in [4.69, 9.17) is 10.5 Å². The van der Waals surface area contributed by atoms with Crippen molar-refractivity contribution in [2.45, 2.75) is 31.7 Å². The van der Waals surface area contributed by atoms with E-state index in [1.165, 1.54) is 20.0 Å². The number of rotatable bonds is 5. The molecule has 20 heavy (non-hydrogen) atoms. The number of pyridine rings is 1. The number of carbonyl (C=O) groups is 1. The monoisotopic (exact) mass is 279 g/mol. The Morgan fingerprint density at radius 2 is 2.25 bits per heavy atom. The predicted molar refractivity (Wildman–Crippen MR) is 76.7 cm³/mol. The standard InChI is InChI=1S/C14H21N3O3/c1-20-14(19)11-6-7-16-13(12(11)15)17(8-9-18)10-4-2-3-5-10/h6-7,10,18H,2-5,8-9,15H2,1H3. The molecule has 0 saturated heterocycles. The third-order valence-corrected chi connectivity index (χ3v) is 3.75. The number of nitrogens with zero attached hydrogens (tertiary/aromatic N) is 2. The number of anilines is 2. The second kappa shape index (κ2) is 6.56. The maximum absolute atomic E-state index is 11.7. The second-order valence-corrected chi connectivity index (χ2v) is 4.94. The number of hydrogen-bond donors (Lipinski definition) is 2. The molecule has 0 radical (unpaired) electrons. The van der Waals surface area contributed by atoms with Crippen LogP contribution in [0.4, 0.5) is 11.5 Å². The smallest absolute Gasteiger partial charge is 0.340 e. The lowest BCUT2D eigenvalue weighted by molar-refractivity contribution is 0.0602. The first kappa shape index (κ1) is 14.6. The Labute approximate surface area is 118 Å². The van der Waals surface area contributed by atoms with Crippen LogP contribution in [0.15, 0.2) is 12.3 Å². The molecule has 0 aliphatic heterocycles. The van der Waals surface area contributed by atoms with E-state index in [2.05, 4.69) is 4.98 Å². The van der Waals surface area contributed by atoms with E-state index in [0.29, 0.717) is 29.7 Å². The lowest BCUT2D eigenvalue weighted by Crippen LogP contribution is -2.37. The van der Waals surface area contributed by atoms with Crippen LogP contribution in [0, 0.1) is 0 Å². The van der Waals surface area contributed by atoms with Gasteiger partial charge in [0.2, 0.25) is 0 Å². The zero-order chi connectivity index (χ0) is 14.5. The SMILES string of the molecule is COC(=O)c1ccnc(N(CCO)C2CCCC2)c1N. The highest BCUT2D eigenvalue weighted by Gasteiger charge is 2.26. The quantitative estimate of drug-likeness (QED) is 0.787. The molecule has 0 atom stereocenters. The fraction of sp³-hybridized carbons (Fsp3) is 0.571. The van der Waals surface area contributed by atoms with E-state index >= 15 is 0 Å². The number of aliphatic hydroxyl groups is 1. The summed E-state index contributed by atoms with van der Waals surface area (Å²) in [5, 5.41) is 9.27. The maximum Gasteiger partial charge on any atom is 0.340 e. The average molecular weight is 279 g/mol. The topological polar surface area (TPSA) is 88.7 Å². The van der Waals surface area contributed by atoms with Crippen LogP contribution in [0.3, 0.4) is 0 Å². The zero-order valence-corrected chi connectivity index (χ0v) is 11.7. The summed E-state index contributed by atoms with van der Waals surface area (Å²) in [4.78, 5) is 18.0. The zero-order valence-electron chi connectivity index (χ0n) is 11.7. The average Bonchev–Trinajstić information content (AvgIpc) is 2.98. The highest BCUT2D eigenvalue weighted by Crippen LogP contribution is 2.31. The Kier molecular flexibility index (Phi) is 4.79. The normalized spacial score (nSPS) is 15.3. The molecular weight excluding hydrogens is 258 g/mol. The van der Waals surface area contributed by atoms with Crippen molar-refractivity contribution in [2.24, 2.45) is 0 Å². The number of nitrogen functional groups attached to an aromatic ring is 1. The van der Waals surface area contributed by atoms with Gasteiger partial charge in [-0.3, -0.25) is 0 Å². The van der Waals surface area contributed by atoms with Crippen LogP contribution < -0.4 is 10.6 Å². The van der Waals surface area contributed by atoms with Crippen molar-refractivity contribution in [1.82, 2.24) is 4.98 Å². The summed E-state index contributed by atoms with van der Waals surface area (Å²) in [5.74, 6) is 0.0929. The molecule has 6 heteroatoms. The van der Waals surface area contributed by atoms with Gasteiger partial charge >= 0.3 is 5.97 Å². The first-order valence-electron chi connectivity index (χ1n) is 6.89. The summed E-state index contributed by atoms with van der Waals surface area (Å²) < 4.78 is 4.72. The van der Waals surface area contributed by atoms with E-state index in [9.17, 15) is 9.90 Å². The minimum Gasteiger partial charge on any atom is -0.465 e. The van der Waals surface area contributed by atoms with Gasteiger partial charge in [-0.2, -0.15) is 0 Å². The number of nitrogens with two attached hydrogens (primary N) is 1. The van der Waals surface area contributed by atoms with Gasteiger partial charge in [-0.25, -0.2) is 9.78 Å². The summed E-state index contributed by atoms with van der Waals surface area (Å²) in [5.41, 5.74) is 6.71. The Bertz CT molecular complexity index is 473. The van der Waals surface area contributed by atoms with Gasteiger partial charge in [0.15, 0.2) is 5.82 Å². The van der Waals surface area contributed by atoms with E-state index in [1.807, 2.05) is 4.90 Å². The van der Waals surface area contributed by atoms with E-state index < -0.39 is 5.97 Å². The molecule has 110 valence electrons. The van der Waals surface area contributed by atoms with Crippen LogP contribution in [-0.4, -0.2) is 42.4 Å². The molecule has 1 heterocycles. The largest absolute Gasteiger partial charge is 0.465 e. The van der Waals surface area contributed by atoms with Gasteiger partial charge in [0.05, 0.1) is 25.0 Å². The highest BCUT2D eigenvalue weighted by molar-refractivity contribution is 5.97. The third kappa shape index (κ3) is 2.85. The van der Waals surface area contributed by atoms with Gasteiger partial charge in [0, 0.05) is 18.8 Å². The fourth-order valence-corrected chi connectivity index (χ4v) is 2.76. The number of hydrogen-bond acceptors (Lipinski definition) is 6. The van der Waals surface area contributed by atoms with Crippen molar-refractivity contribution in [2.75, 3.05) is 30.9 Å². The van der Waals surface area contributed by atoms with Crippen molar-refractivity contribution in [3.8, 4) is 0 Å². The Morgan fingerprint density at radius 3 is 2.85 bits per heavy atom. The number of methoxy groups -OCH3 is 1. The number of ether oxygens (including phenoxy) is 1. The van der Waals surface area contributed by atoms with Crippen molar-refractivity contribution in [1.29, 1.82) is 0 Å². The Hall–Kier alpha value is -1.82. The molecule has 1 saturated carbocycles. The van der Waals surface area contributed by atoms with Crippen molar-refractivity contribution in [3.63, 3.8) is 0 Å². The van der Waals surface area contributed by atoms with Crippen LogP contribution in [0.2, 0.25) is 0 Å². The molecule has 1 aromatic rings. The van der Waals surface area contributed by atoms with Crippen LogP contribution in [0.5, 0.6) is 0 Å².